The first-order chi connectivity index (χ1) is 9.55. The number of nitrogens with two attached hydrogens (primary N) is 1. The highest BCUT2D eigenvalue weighted by Gasteiger charge is 2.05. The van der Waals surface area contributed by atoms with E-state index in [1.54, 1.807) is 18.3 Å². The van der Waals surface area contributed by atoms with Crippen LogP contribution in [0.1, 0.15) is 5.56 Å². The number of allylic oxidation sites excluding steroid dienone is 1. The fourth-order valence-electron chi connectivity index (χ4n) is 1.57. The minimum atomic E-state index is -3.65. The smallest absolute Gasteiger partial charge is 0.238 e. The Bertz CT molecular complexity index is 718. The van der Waals surface area contributed by atoms with Crippen LogP contribution in [0.4, 0.5) is 5.69 Å². The summed E-state index contributed by atoms with van der Waals surface area (Å²) in [5, 5.41) is 5.02. The van der Waals surface area contributed by atoms with Crippen molar-refractivity contribution in [1.82, 2.24) is 0 Å². The van der Waals surface area contributed by atoms with Gasteiger partial charge in [0.15, 0.2) is 0 Å². The van der Waals surface area contributed by atoms with Crippen molar-refractivity contribution in [3.63, 3.8) is 0 Å². The predicted molar refractivity (Wildman–Crippen MR) is 81.4 cm³/mol. The number of nitrogens with zero attached hydrogens (tertiary/aromatic N) is 1. The Morgan fingerprint density at radius 2 is 1.60 bits per heavy atom. The molecule has 102 valence electrons. The molecular formula is C15H14N2O2S. The van der Waals surface area contributed by atoms with Crippen LogP contribution in [0.2, 0.25) is 0 Å². The van der Waals surface area contributed by atoms with Crippen LogP contribution in [-0.2, 0) is 10.0 Å². The Labute approximate surface area is 118 Å². The van der Waals surface area contributed by atoms with Crippen molar-refractivity contribution in [2.24, 2.45) is 10.1 Å². The van der Waals surface area contributed by atoms with E-state index in [2.05, 4.69) is 4.99 Å². The normalized spacial score (nSPS) is 12.2. The fraction of sp³-hybridized carbons (Fsp3) is 0. The van der Waals surface area contributed by atoms with Crippen molar-refractivity contribution >= 4 is 28.0 Å². The number of primary sulfonamides is 1. The van der Waals surface area contributed by atoms with Crippen molar-refractivity contribution < 1.29 is 8.42 Å². The summed E-state index contributed by atoms with van der Waals surface area (Å²) in [4.78, 5) is 4.28. The van der Waals surface area contributed by atoms with Gasteiger partial charge in [0.1, 0.15) is 0 Å². The van der Waals surface area contributed by atoms with E-state index in [-0.39, 0.29) is 4.90 Å². The van der Waals surface area contributed by atoms with Gasteiger partial charge in [-0.05, 0) is 35.9 Å². The largest absolute Gasteiger partial charge is 0.257 e. The quantitative estimate of drug-likeness (QED) is 0.878. The van der Waals surface area contributed by atoms with Crippen LogP contribution in [0.25, 0.3) is 6.08 Å². The van der Waals surface area contributed by atoms with Gasteiger partial charge in [-0.1, -0.05) is 36.4 Å². The van der Waals surface area contributed by atoms with Gasteiger partial charge in [0.25, 0.3) is 0 Å². The van der Waals surface area contributed by atoms with Gasteiger partial charge in [-0.15, -0.1) is 0 Å². The summed E-state index contributed by atoms with van der Waals surface area (Å²) in [6, 6.07) is 15.9. The van der Waals surface area contributed by atoms with Crippen LogP contribution in [0.3, 0.4) is 0 Å². The molecule has 0 heterocycles. The molecule has 0 spiro atoms. The Kier molecular flexibility index (Phi) is 4.45. The molecule has 0 bridgehead atoms. The van der Waals surface area contributed by atoms with Gasteiger partial charge in [-0.25, -0.2) is 13.6 Å². The van der Waals surface area contributed by atoms with E-state index < -0.39 is 10.0 Å². The predicted octanol–water partition coefficient (Wildman–Crippen LogP) is 2.75. The van der Waals surface area contributed by atoms with Crippen molar-refractivity contribution in [1.29, 1.82) is 0 Å². The Morgan fingerprint density at radius 1 is 0.950 bits per heavy atom. The van der Waals surface area contributed by atoms with Gasteiger partial charge in [-0.3, -0.25) is 4.99 Å². The molecule has 4 nitrogen and oxygen atoms in total. The van der Waals surface area contributed by atoms with Crippen molar-refractivity contribution in [2.45, 2.75) is 4.90 Å². The number of aliphatic imine (C=N–C) groups is 1. The highest BCUT2D eigenvalue weighted by molar-refractivity contribution is 7.89. The minimum Gasteiger partial charge on any atom is -0.257 e. The van der Waals surface area contributed by atoms with Crippen LogP contribution >= 0.6 is 0 Å². The van der Waals surface area contributed by atoms with Gasteiger partial charge in [0.2, 0.25) is 10.0 Å². The van der Waals surface area contributed by atoms with E-state index >= 15 is 0 Å². The molecule has 0 saturated carbocycles. The molecule has 0 unspecified atom stereocenters. The topological polar surface area (TPSA) is 72.5 Å². The average Bonchev–Trinajstić information content (AvgIpc) is 2.44. The zero-order valence-corrected chi connectivity index (χ0v) is 11.5. The number of hydrogen-bond acceptors (Lipinski definition) is 3. The van der Waals surface area contributed by atoms with E-state index in [0.717, 1.165) is 5.56 Å². The van der Waals surface area contributed by atoms with Crippen LogP contribution in [-0.4, -0.2) is 14.6 Å². The zero-order chi connectivity index (χ0) is 14.4. The summed E-state index contributed by atoms with van der Waals surface area (Å²) in [6.07, 6.45) is 5.41. The second kappa shape index (κ2) is 6.27. The summed E-state index contributed by atoms with van der Waals surface area (Å²) in [6.45, 7) is 0. The molecule has 0 saturated heterocycles. The maximum atomic E-state index is 11.1. The standard InChI is InChI=1S/C15H14N2O2S/c16-20(18,19)15-10-8-14(9-11-15)17-12-4-7-13-5-2-1-3-6-13/h1-12H,(H2,16,18,19). The fourth-order valence-corrected chi connectivity index (χ4v) is 2.08. The zero-order valence-electron chi connectivity index (χ0n) is 10.7. The molecular weight excluding hydrogens is 272 g/mol. The maximum absolute atomic E-state index is 11.1. The first-order valence-electron chi connectivity index (χ1n) is 5.94. The molecule has 2 N–H and O–H groups in total. The second-order valence-corrected chi connectivity index (χ2v) is 5.65. The number of rotatable bonds is 4. The molecule has 0 radical (unpaired) electrons. The van der Waals surface area contributed by atoms with Gasteiger partial charge in [-0.2, -0.15) is 0 Å². The summed E-state index contributed by atoms with van der Waals surface area (Å²) in [7, 11) is -3.65. The van der Waals surface area contributed by atoms with Crippen LogP contribution in [0.15, 0.2) is 70.6 Å². The molecule has 20 heavy (non-hydrogen) atoms. The summed E-state index contributed by atoms with van der Waals surface area (Å²) >= 11 is 0. The Hall–Kier alpha value is -2.24. The molecule has 0 aliphatic rings. The third kappa shape index (κ3) is 4.15. The van der Waals surface area contributed by atoms with E-state index in [9.17, 15) is 8.42 Å². The SMILES string of the molecule is NS(=O)(=O)c1ccc(N=CC=Cc2ccccc2)cc1. The van der Waals surface area contributed by atoms with Crippen LogP contribution in [0.5, 0.6) is 0 Å². The third-order valence-corrected chi connectivity index (χ3v) is 3.49. The number of hydrogen-bond donors (Lipinski definition) is 1. The number of sulfonamides is 1. The van der Waals surface area contributed by atoms with Gasteiger partial charge in [0, 0.05) is 6.21 Å². The molecule has 5 heteroatoms. The average molecular weight is 286 g/mol. The molecule has 0 aromatic heterocycles. The Balaban J connectivity index is 2.04. The van der Waals surface area contributed by atoms with Crippen molar-refractivity contribution in [3.05, 3.63) is 66.2 Å². The van der Waals surface area contributed by atoms with E-state index in [1.807, 2.05) is 42.5 Å². The lowest BCUT2D eigenvalue weighted by molar-refractivity contribution is 0.598. The molecule has 2 rings (SSSR count). The molecule has 0 fully saturated rings. The molecule has 2 aromatic carbocycles. The summed E-state index contributed by atoms with van der Waals surface area (Å²) in [5.41, 5.74) is 1.75. The first kappa shape index (κ1) is 14.2. The van der Waals surface area contributed by atoms with Gasteiger partial charge in [0.05, 0.1) is 10.6 Å². The minimum absolute atomic E-state index is 0.0799. The highest BCUT2D eigenvalue weighted by atomic mass is 32.2. The van der Waals surface area contributed by atoms with E-state index in [0.29, 0.717) is 5.69 Å². The van der Waals surface area contributed by atoms with E-state index in [1.165, 1.54) is 12.1 Å². The van der Waals surface area contributed by atoms with E-state index in [4.69, 9.17) is 5.14 Å². The first-order valence-corrected chi connectivity index (χ1v) is 7.49. The summed E-state index contributed by atoms with van der Waals surface area (Å²) < 4.78 is 22.2. The Morgan fingerprint density at radius 3 is 2.20 bits per heavy atom. The lowest BCUT2D eigenvalue weighted by atomic mass is 10.2. The maximum Gasteiger partial charge on any atom is 0.238 e. The lowest BCUT2D eigenvalue weighted by Gasteiger charge is -1.97. The molecule has 0 atom stereocenters. The van der Waals surface area contributed by atoms with Gasteiger partial charge < -0.3 is 0 Å². The van der Waals surface area contributed by atoms with Crippen molar-refractivity contribution in [3.8, 4) is 0 Å². The highest BCUT2D eigenvalue weighted by Crippen LogP contribution is 2.15. The second-order valence-electron chi connectivity index (χ2n) is 4.09. The molecule has 0 aliphatic carbocycles. The van der Waals surface area contributed by atoms with Crippen molar-refractivity contribution in [2.75, 3.05) is 0 Å². The third-order valence-electron chi connectivity index (χ3n) is 2.56. The van der Waals surface area contributed by atoms with Crippen LogP contribution in [0, 0.1) is 0 Å². The van der Waals surface area contributed by atoms with Crippen LogP contribution < -0.4 is 5.14 Å². The van der Waals surface area contributed by atoms with Gasteiger partial charge >= 0.3 is 0 Å². The molecule has 0 aliphatic heterocycles. The molecule has 2 aromatic rings. The number of benzene rings is 2. The summed E-state index contributed by atoms with van der Waals surface area (Å²) in [5.74, 6) is 0. The monoisotopic (exact) mass is 286 g/mol. The lowest BCUT2D eigenvalue weighted by Crippen LogP contribution is -2.11. The molecule has 0 amide bonds.